The summed E-state index contributed by atoms with van der Waals surface area (Å²) in [6.45, 7) is 1.89. The van der Waals surface area contributed by atoms with Crippen molar-refractivity contribution in [2.24, 2.45) is 0 Å². The molecule has 3 rings (SSSR count). The zero-order valence-electron chi connectivity index (χ0n) is 15.5. The summed E-state index contributed by atoms with van der Waals surface area (Å²) in [7, 11) is 0. The van der Waals surface area contributed by atoms with Crippen molar-refractivity contribution in [3.63, 3.8) is 0 Å². The summed E-state index contributed by atoms with van der Waals surface area (Å²) in [5.74, 6) is -0.475. The summed E-state index contributed by atoms with van der Waals surface area (Å²) >= 11 is 5.60. The minimum Gasteiger partial charge on any atom is -0.326 e. The van der Waals surface area contributed by atoms with Crippen molar-refractivity contribution in [2.45, 2.75) is 25.4 Å². The van der Waals surface area contributed by atoms with Crippen LogP contribution in [0.2, 0.25) is 5.02 Å². The molecule has 1 N–H and O–H groups in total. The lowest BCUT2D eigenvalue weighted by atomic mass is 9.95. The topological polar surface area (TPSA) is 42.0 Å². The number of carbonyl (C=O) groups excluding carboxylic acids is 1. The van der Waals surface area contributed by atoms with Crippen molar-refractivity contribution < 1.29 is 18.0 Å². The maximum atomic E-state index is 13.0. The molecule has 150 valence electrons. The van der Waals surface area contributed by atoms with E-state index < -0.39 is 16.8 Å². The molecule has 0 bridgehead atoms. The molecule has 1 amide bonds. The first kappa shape index (κ1) is 20.9. The SMILES string of the molecule is CC(CC(=O)Nc1ccc(Cl)c(C(F)(F)F)c1)c1ccc(-c2cccnc2)cc1. The molecule has 0 saturated heterocycles. The van der Waals surface area contributed by atoms with Crippen LogP contribution < -0.4 is 5.32 Å². The van der Waals surface area contributed by atoms with Crippen LogP contribution in [0.25, 0.3) is 11.1 Å². The number of hydrogen-bond donors (Lipinski definition) is 1. The molecular weight excluding hydrogens is 401 g/mol. The zero-order valence-corrected chi connectivity index (χ0v) is 16.3. The van der Waals surface area contributed by atoms with Gasteiger partial charge in [0.2, 0.25) is 5.91 Å². The van der Waals surface area contributed by atoms with Crippen LogP contribution in [-0.2, 0) is 11.0 Å². The monoisotopic (exact) mass is 418 g/mol. The molecule has 0 spiro atoms. The predicted octanol–water partition coefficient (Wildman–Crippen LogP) is 6.55. The number of hydrogen-bond acceptors (Lipinski definition) is 2. The van der Waals surface area contributed by atoms with Crippen molar-refractivity contribution in [2.75, 3.05) is 5.32 Å². The van der Waals surface area contributed by atoms with Crippen molar-refractivity contribution in [3.8, 4) is 11.1 Å². The average Bonchev–Trinajstić information content (AvgIpc) is 2.69. The Balaban J connectivity index is 1.65. The number of halogens is 4. The standard InChI is InChI=1S/C22H18ClF3N2O/c1-14(15-4-6-16(7-5-15)17-3-2-10-27-13-17)11-21(29)28-18-8-9-20(23)19(12-18)22(24,25)26/h2-10,12-14H,11H2,1H3,(H,28,29). The Bertz CT molecular complexity index is 989. The summed E-state index contributed by atoms with van der Waals surface area (Å²) in [5.41, 5.74) is 2.05. The maximum Gasteiger partial charge on any atom is 0.417 e. The summed E-state index contributed by atoms with van der Waals surface area (Å²) in [6, 6.07) is 14.9. The van der Waals surface area contributed by atoms with Gasteiger partial charge >= 0.3 is 6.18 Å². The fourth-order valence-electron chi connectivity index (χ4n) is 2.97. The minimum absolute atomic E-state index is 0.0610. The van der Waals surface area contributed by atoms with Crippen molar-refractivity contribution in [1.29, 1.82) is 0 Å². The smallest absolute Gasteiger partial charge is 0.326 e. The number of rotatable bonds is 5. The third-order valence-electron chi connectivity index (χ3n) is 4.52. The van der Waals surface area contributed by atoms with Crippen LogP contribution >= 0.6 is 11.6 Å². The van der Waals surface area contributed by atoms with E-state index in [0.29, 0.717) is 0 Å². The quantitative estimate of drug-likeness (QED) is 0.510. The Kier molecular flexibility index (Phi) is 6.23. The molecule has 3 aromatic rings. The van der Waals surface area contributed by atoms with Crippen LogP contribution in [0.1, 0.15) is 30.4 Å². The lowest BCUT2D eigenvalue weighted by molar-refractivity contribution is -0.137. The molecule has 1 atom stereocenters. The molecule has 0 fully saturated rings. The Morgan fingerprint density at radius 1 is 1.10 bits per heavy atom. The fraction of sp³-hybridized carbons (Fsp3) is 0.182. The van der Waals surface area contributed by atoms with Crippen molar-refractivity contribution in [3.05, 3.63) is 83.1 Å². The van der Waals surface area contributed by atoms with Gasteiger partial charge in [-0.25, -0.2) is 0 Å². The Morgan fingerprint density at radius 3 is 2.45 bits per heavy atom. The van der Waals surface area contributed by atoms with Gasteiger partial charge in [-0.15, -0.1) is 0 Å². The number of amides is 1. The number of pyridine rings is 1. The summed E-state index contributed by atoms with van der Waals surface area (Å²) in [4.78, 5) is 16.4. The van der Waals surface area contributed by atoms with E-state index in [0.717, 1.165) is 28.8 Å². The molecule has 0 aliphatic heterocycles. The summed E-state index contributed by atoms with van der Waals surface area (Å²) in [6.07, 6.45) is -0.971. The number of carbonyl (C=O) groups is 1. The highest BCUT2D eigenvalue weighted by molar-refractivity contribution is 6.31. The first-order chi connectivity index (χ1) is 13.7. The Labute approximate surface area is 171 Å². The number of aromatic nitrogens is 1. The van der Waals surface area contributed by atoms with Gasteiger partial charge in [-0.1, -0.05) is 48.9 Å². The second-order valence-corrected chi connectivity index (χ2v) is 7.12. The molecule has 0 radical (unpaired) electrons. The van der Waals surface area contributed by atoms with Gasteiger partial charge in [-0.05, 0) is 46.9 Å². The molecule has 29 heavy (non-hydrogen) atoms. The van der Waals surface area contributed by atoms with Gasteiger partial charge in [-0.3, -0.25) is 9.78 Å². The van der Waals surface area contributed by atoms with Crippen LogP contribution in [0.4, 0.5) is 18.9 Å². The fourth-order valence-corrected chi connectivity index (χ4v) is 3.19. The first-order valence-corrected chi connectivity index (χ1v) is 9.29. The van der Waals surface area contributed by atoms with Crippen LogP contribution in [0.3, 0.4) is 0 Å². The lowest BCUT2D eigenvalue weighted by Crippen LogP contribution is -2.15. The van der Waals surface area contributed by atoms with Gasteiger partial charge in [0.15, 0.2) is 0 Å². The van der Waals surface area contributed by atoms with Gasteiger partial charge in [0, 0.05) is 24.5 Å². The molecule has 1 heterocycles. The number of nitrogens with zero attached hydrogens (tertiary/aromatic N) is 1. The molecule has 1 aromatic heterocycles. The lowest BCUT2D eigenvalue weighted by Gasteiger charge is -2.14. The van der Waals surface area contributed by atoms with Gasteiger partial charge in [-0.2, -0.15) is 13.2 Å². The molecule has 1 unspecified atom stereocenters. The van der Waals surface area contributed by atoms with E-state index in [1.54, 1.807) is 12.4 Å². The second-order valence-electron chi connectivity index (χ2n) is 6.71. The number of anilines is 1. The van der Waals surface area contributed by atoms with E-state index in [1.165, 1.54) is 6.07 Å². The molecule has 2 aromatic carbocycles. The van der Waals surface area contributed by atoms with Crippen molar-refractivity contribution >= 4 is 23.2 Å². The molecule has 7 heteroatoms. The summed E-state index contributed by atoms with van der Waals surface area (Å²) < 4.78 is 38.9. The van der Waals surface area contributed by atoms with E-state index in [1.807, 2.05) is 43.3 Å². The van der Waals surface area contributed by atoms with Crippen LogP contribution in [0, 0.1) is 0 Å². The van der Waals surface area contributed by atoms with E-state index in [4.69, 9.17) is 11.6 Å². The van der Waals surface area contributed by atoms with Crippen molar-refractivity contribution in [1.82, 2.24) is 4.98 Å². The molecular formula is C22H18ClF3N2O. The van der Waals surface area contributed by atoms with Gasteiger partial charge in [0.1, 0.15) is 0 Å². The van der Waals surface area contributed by atoms with E-state index >= 15 is 0 Å². The third kappa shape index (κ3) is 5.35. The number of benzene rings is 2. The normalized spacial score (nSPS) is 12.4. The van der Waals surface area contributed by atoms with Crippen LogP contribution in [0.5, 0.6) is 0 Å². The maximum absolute atomic E-state index is 13.0. The molecule has 3 nitrogen and oxygen atoms in total. The molecule has 0 aliphatic carbocycles. The van der Waals surface area contributed by atoms with E-state index in [9.17, 15) is 18.0 Å². The van der Waals surface area contributed by atoms with Gasteiger partial charge in [0.05, 0.1) is 10.6 Å². The minimum atomic E-state index is -4.58. The average molecular weight is 419 g/mol. The Morgan fingerprint density at radius 2 is 1.83 bits per heavy atom. The second kappa shape index (κ2) is 8.66. The highest BCUT2D eigenvalue weighted by Gasteiger charge is 2.33. The summed E-state index contributed by atoms with van der Waals surface area (Å²) in [5, 5.41) is 2.11. The van der Waals surface area contributed by atoms with E-state index in [-0.39, 0.29) is 23.9 Å². The third-order valence-corrected chi connectivity index (χ3v) is 4.85. The van der Waals surface area contributed by atoms with Gasteiger partial charge < -0.3 is 5.32 Å². The number of alkyl halides is 3. The van der Waals surface area contributed by atoms with Crippen LogP contribution in [-0.4, -0.2) is 10.9 Å². The molecule has 0 saturated carbocycles. The first-order valence-electron chi connectivity index (χ1n) is 8.91. The van der Waals surface area contributed by atoms with Crippen LogP contribution in [0.15, 0.2) is 67.0 Å². The Hall–Kier alpha value is -2.86. The molecule has 0 aliphatic rings. The highest BCUT2D eigenvalue weighted by atomic mass is 35.5. The largest absolute Gasteiger partial charge is 0.417 e. The predicted molar refractivity (Wildman–Crippen MR) is 108 cm³/mol. The highest BCUT2D eigenvalue weighted by Crippen LogP contribution is 2.36. The van der Waals surface area contributed by atoms with E-state index in [2.05, 4.69) is 10.3 Å². The van der Waals surface area contributed by atoms with Gasteiger partial charge in [0.25, 0.3) is 0 Å². The zero-order chi connectivity index (χ0) is 21.0. The number of nitrogens with one attached hydrogen (secondary N) is 1.